The molecule has 1 aromatic rings. The highest BCUT2D eigenvalue weighted by molar-refractivity contribution is 8.93. The fourth-order valence-corrected chi connectivity index (χ4v) is 5.39. The van der Waals surface area contributed by atoms with E-state index in [1.807, 2.05) is 12.1 Å². The van der Waals surface area contributed by atoms with E-state index >= 15 is 0 Å². The summed E-state index contributed by atoms with van der Waals surface area (Å²) in [5.41, 5.74) is 0.591. The predicted molar refractivity (Wildman–Crippen MR) is 145 cm³/mol. The predicted octanol–water partition coefficient (Wildman–Crippen LogP) is 3.43. The zero-order chi connectivity index (χ0) is 22.9. The number of halogens is 2. The lowest BCUT2D eigenvalue weighted by atomic mass is 9.91. The van der Waals surface area contributed by atoms with Crippen molar-refractivity contribution in [1.82, 2.24) is 10.6 Å². The minimum Gasteiger partial charge on any atom is -0.480 e. The molecule has 1 saturated heterocycles. The lowest BCUT2D eigenvalue weighted by molar-refractivity contribution is -0.146. The highest BCUT2D eigenvalue weighted by atomic mass is 79.9. The van der Waals surface area contributed by atoms with Crippen LogP contribution in [0, 0.1) is 5.92 Å². The van der Waals surface area contributed by atoms with Crippen molar-refractivity contribution in [3.8, 4) is 0 Å². The Morgan fingerprint density at radius 2 is 1.97 bits per heavy atom. The standard InChI is InChI=1S/C23H33N3O5S.2BrH/c1-2-31-23(30)17(7-5-6-16-10-12-24-13-11-16)25-18-15-32-20-9-4-3-8-19(20)26(22(18)29)14-21(27)28;;/h3-4,8-9,16-18,24-25H,2,5-7,10-15H2,1H3,(H,27,28);2*1H/t17-,18?;;/m1../s1. The van der Waals surface area contributed by atoms with Crippen molar-refractivity contribution in [2.75, 3.05) is 36.9 Å². The maximum Gasteiger partial charge on any atom is 0.323 e. The lowest BCUT2D eigenvalue weighted by Crippen LogP contribution is -2.54. The summed E-state index contributed by atoms with van der Waals surface area (Å²) in [5.74, 6) is -0.701. The fraction of sp³-hybridized carbons (Fsp3) is 0.609. The number of aliphatic carboxylic acids is 1. The van der Waals surface area contributed by atoms with Crippen molar-refractivity contribution in [1.29, 1.82) is 0 Å². The van der Waals surface area contributed by atoms with Crippen LogP contribution in [0.3, 0.4) is 0 Å². The van der Waals surface area contributed by atoms with Gasteiger partial charge < -0.3 is 15.2 Å². The number of ether oxygens (including phenoxy) is 1. The molecule has 1 amide bonds. The topological polar surface area (TPSA) is 108 Å². The van der Waals surface area contributed by atoms with E-state index in [1.54, 1.807) is 19.1 Å². The number of nitrogens with one attached hydrogen (secondary N) is 2. The summed E-state index contributed by atoms with van der Waals surface area (Å²) < 4.78 is 5.27. The van der Waals surface area contributed by atoms with E-state index in [1.165, 1.54) is 16.7 Å². The zero-order valence-electron chi connectivity index (χ0n) is 19.4. The van der Waals surface area contributed by atoms with Crippen LogP contribution in [0.15, 0.2) is 29.2 Å². The van der Waals surface area contributed by atoms with Gasteiger partial charge in [-0.25, -0.2) is 0 Å². The smallest absolute Gasteiger partial charge is 0.323 e. The molecule has 0 spiro atoms. The van der Waals surface area contributed by atoms with Gasteiger partial charge in [-0.1, -0.05) is 25.0 Å². The number of benzene rings is 1. The third-order valence-electron chi connectivity index (χ3n) is 5.96. The first-order valence-corrected chi connectivity index (χ1v) is 12.4. The summed E-state index contributed by atoms with van der Waals surface area (Å²) >= 11 is 1.49. The van der Waals surface area contributed by atoms with Gasteiger partial charge in [-0.3, -0.25) is 24.6 Å². The van der Waals surface area contributed by atoms with Crippen LogP contribution in [0.4, 0.5) is 5.69 Å². The van der Waals surface area contributed by atoms with Gasteiger partial charge >= 0.3 is 11.9 Å². The zero-order valence-corrected chi connectivity index (χ0v) is 23.6. The van der Waals surface area contributed by atoms with Gasteiger partial charge in [0.2, 0.25) is 5.91 Å². The van der Waals surface area contributed by atoms with Crippen LogP contribution >= 0.6 is 45.7 Å². The SMILES string of the molecule is Br.Br.CCOC(=O)[C@@H](CCCC1CCNCC1)NC1CSc2ccccc2N(CC(=O)O)C1=O. The number of para-hydroxylation sites is 1. The fourth-order valence-electron chi connectivity index (χ4n) is 4.31. The van der Waals surface area contributed by atoms with E-state index in [0.29, 0.717) is 23.8 Å². The number of carboxylic acid groups (broad SMARTS) is 1. The second kappa shape index (κ2) is 15.8. The number of esters is 1. The molecule has 0 radical (unpaired) electrons. The number of fused-ring (bicyclic) bond motifs is 1. The van der Waals surface area contributed by atoms with Gasteiger partial charge in [0.25, 0.3) is 0 Å². The number of anilines is 1. The van der Waals surface area contributed by atoms with Gasteiger partial charge in [-0.15, -0.1) is 45.7 Å². The first-order chi connectivity index (χ1) is 15.5. The third kappa shape index (κ3) is 8.82. The Balaban J connectivity index is 0.00000289. The molecule has 3 rings (SSSR count). The maximum atomic E-state index is 13.3. The summed E-state index contributed by atoms with van der Waals surface area (Å²) in [6.45, 7) is 3.70. The highest BCUT2D eigenvalue weighted by Gasteiger charge is 2.35. The molecule has 2 heterocycles. The molecular weight excluding hydrogens is 590 g/mol. The first-order valence-electron chi connectivity index (χ1n) is 11.4. The average Bonchev–Trinajstić information content (AvgIpc) is 2.91. The molecule has 2 atom stereocenters. The van der Waals surface area contributed by atoms with Gasteiger partial charge in [0.05, 0.1) is 18.3 Å². The monoisotopic (exact) mass is 623 g/mol. The summed E-state index contributed by atoms with van der Waals surface area (Å²) in [6.07, 6.45) is 4.80. The molecule has 2 aliphatic heterocycles. The molecule has 192 valence electrons. The van der Waals surface area contributed by atoms with Crippen LogP contribution in [-0.2, 0) is 19.1 Å². The van der Waals surface area contributed by atoms with Crippen LogP contribution in [0.25, 0.3) is 0 Å². The Kier molecular flexibility index (Phi) is 14.3. The molecule has 11 heteroatoms. The molecule has 0 aliphatic carbocycles. The number of piperidine rings is 1. The van der Waals surface area contributed by atoms with Crippen molar-refractivity contribution < 1.29 is 24.2 Å². The molecule has 1 aromatic carbocycles. The van der Waals surface area contributed by atoms with Crippen molar-refractivity contribution >= 4 is 69.3 Å². The molecule has 8 nitrogen and oxygen atoms in total. The molecule has 0 aromatic heterocycles. The molecule has 1 unspecified atom stereocenters. The third-order valence-corrected chi connectivity index (χ3v) is 7.11. The Hall–Kier alpha value is -1.14. The van der Waals surface area contributed by atoms with Crippen LogP contribution in [0.5, 0.6) is 0 Å². The number of nitrogens with zero attached hydrogens (tertiary/aromatic N) is 1. The number of rotatable bonds is 10. The van der Waals surface area contributed by atoms with E-state index < -0.39 is 24.6 Å². The first kappa shape index (κ1) is 30.9. The molecule has 3 N–H and O–H groups in total. The quantitative estimate of drug-likeness (QED) is 0.340. The van der Waals surface area contributed by atoms with Crippen molar-refractivity contribution in [2.24, 2.45) is 5.92 Å². The van der Waals surface area contributed by atoms with E-state index in [0.717, 1.165) is 43.7 Å². The number of carbonyl (C=O) groups is 3. The van der Waals surface area contributed by atoms with E-state index in [4.69, 9.17) is 4.74 Å². The summed E-state index contributed by atoms with van der Waals surface area (Å²) in [7, 11) is 0. The van der Waals surface area contributed by atoms with Gasteiger partial charge in [0.1, 0.15) is 12.6 Å². The van der Waals surface area contributed by atoms with E-state index in [2.05, 4.69) is 10.6 Å². The normalized spacial score (nSPS) is 19.1. The molecular formula is C23H35Br2N3O5S. The Morgan fingerprint density at radius 3 is 2.65 bits per heavy atom. The van der Waals surface area contributed by atoms with E-state index in [-0.39, 0.29) is 52.4 Å². The molecule has 0 saturated carbocycles. The number of carbonyl (C=O) groups excluding carboxylic acids is 2. The number of thioether (sulfide) groups is 1. The van der Waals surface area contributed by atoms with Crippen molar-refractivity contribution in [3.05, 3.63) is 24.3 Å². The van der Waals surface area contributed by atoms with Crippen molar-refractivity contribution in [2.45, 2.75) is 56.0 Å². The van der Waals surface area contributed by atoms with Gasteiger partial charge in [0.15, 0.2) is 0 Å². The van der Waals surface area contributed by atoms with E-state index in [9.17, 15) is 19.5 Å². The van der Waals surface area contributed by atoms with Crippen LogP contribution in [0.2, 0.25) is 0 Å². The van der Waals surface area contributed by atoms with Gasteiger partial charge in [-0.2, -0.15) is 0 Å². The second-order valence-corrected chi connectivity index (χ2v) is 9.31. The molecule has 2 aliphatic rings. The summed E-state index contributed by atoms with van der Waals surface area (Å²) in [4.78, 5) is 39.6. The molecule has 34 heavy (non-hydrogen) atoms. The molecule has 0 bridgehead atoms. The van der Waals surface area contributed by atoms with Crippen LogP contribution < -0.4 is 15.5 Å². The highest BCUT2D eigenvalue weighted by Crippen LogP contribution is 2.34. The number of hydrogen-bond donors (Lipinski definition) is 3. The largest absolute Gasteiger partial charge is 0.480 e. The Labute approximate surface area is 226 Å². The van der Waals surface area contributed by atoms with Gasteiger partial charge in [0, 0.05) is 10.6 Å². The van der Waals surface area contributed by atoms with Crippen LogP contribution in [0.1, 0.15) is 39.0 Å². The number of carboxylic acids is 1. The Bertz CT molecular complexity index is 811. The second-order valence-electron chi connectivity index (χ2n) is 8.25. The summed E-state index contributed by atoms with van der Waals surface area (Å²) in [5, 5.41) is 15.9. The number of amides is 1. The maximum absolute atomic E-state index is 13.3. The minimum absolute atomic E-state index is 0. The van der Waals surface area contributed by atoms with Crippen molar-refractivity contribution in [3.63, 3.8) is 0 Å². The lowest BCUT2D eigenvalue weighted by Gasteiger charge is -2.27. The minimum atomic E-state index is -1.08. The van der Waals surface area contributed by atoms with Gasteiger partial charge in [-0.05, 0) is 57.3 Å². The van der Waals surface area contributed by atoms with Crippen LogP contribution in [-0.4, -0.2) is 67.0 Å². The number of hydrogen-bond acceptors (Lipinski definition) is 7. The molecule has 1 fully saturated rings. The summed E-state index contributed by atoms with van der Waals surface area (Å²) in [6, 6.07) is 6.02. The average molecular weight is 625 g/mol. The Morgan fingerprint density at radius 1 is 1.26 bits per heavy atom.